The van der Waals surface area contributed by atoms with Gasteiger partial charge in [-0.2, -0.15) is 0 Å². The van der Waals surface area contributed by atoms with Crippen molar-refractivity contribution in [1.82, 2.24) is 5.32 Å². The number of benzene rings is 1. The highest BCUT2D eigenvalue weighted by molar-refractivity contribution is 6.37. The van der Waals surface area contributed by atoms with Crippen LogP contribution >= 0.6 is 23.2 Å². The number of hydrogen-bond donors (Lipinski definition) is 3. The summed E-state index contributed by atoms with van der Waals surface area (Å²) in [5.41, 5.74) is 0.431. The average molecular weight is 291 g/mol. The van der Waals surface area contributed by atoms with Crippen LogP contribution in [0, 0.1) is 0 Å². The highest BCUT2D eigenvalue weighted by Crippen LogP contribution is 2.34. The second-order valence-electron chi connectivity index (χ2n) is 3.86. The van der Waals surface area contributed by atoms with Crippen LogP contribution in [0.1, 0.15) is 0 Å². The zero-order valence-corrected chi connectivity index (χ0v) is 10.9. The highest BCUT2D eigenvalue weighted by atomic mass is 35.5. The van der Waals surface area contributed by atoms with Gasteiger partial charge < -0.3 is 20.5 Å². The third kappa shape index (κ3) is 3.05. The van der Waals surface area contributed by atoms with Gasteiger partial charge in [0, 0.05) is 12.2 Å². The molecule has 1 saturated heterocycles. The van der Waals surface area contributed by atoms with E-state index in [4.69, 9.17) is 27.9 Å². The Morgan fingerprint density at radius 2 is 2.11 bits per heavy atom. The van der Waals surface area contributed by atoms with E-state index in [0.717, 1.165) is 0 Å². The van der Waals surface area contributed by atoms with Gasteiger partial charge in [0.1, 0.15) is 6.04 Å². The molecule has 0 spiro atoms. The minimum Gasteiger partial charge on any atom is -0.505 e. The number of nitrogens with one attached hydrogen (secondary N) is 2. The lowest BCUT2D eigenvalue weighted by Gasteiger charge is -2.23. The second kappa shape index (κ2) is 5.75. The maximum atomic E-state index is 11.9. The maximum absolute atomic E-state index is 11.9. The molecule has 7 heteroatoms. The number of phenolic OH excluding ortho intramolecular Hbond substituents is 1. The van der Waals surface area contributed by atoms with Crippen molar-refractivity contribution in [3.05, 3.63) is 22.2 Å². The molecule has 0 radical (unpaired) electrons. The normalized spacial score (nSPS) is 19.6. The largest absolute Gasteiger partial charge is 0.505 e. The molecule has 1 amide bonds. The average Bonchev–Trinajstić information content (AvgIpc) is 2.37. The first-order chi connectivity index (χ1) is 8.58. The minimum absolute atomic E-state index is 0.0886. The molecule has 1 aromatic rings. The van der Waals surface area contributed by atoms with Crippen molar-refractivity contribution in [1.29, 1.82) is 0 Å². The van der Waals surface area contributed by atoms with Crippen LogP contribution in [0.4, 0.5) is 5.69 Å². The predicted molar refractivity (Wildman–Crippen MR) is 69.4 cm³/mol. The van der Waals surface area contributed by atoms with Crippen LogP contribution in [0.3, 0.4) is 0 Å². The van der Waals surface area contributed by atoms with Gasteiger partial charge in [-0.1, -0.05) is 23.2 Å². The van der Waals surface area contributed by atoms with Crippen LogP contribution in [-0.4, -0.2) is 36.8 Å². The summed E-state index contributed by atoms with van der Waals surface area (Å²) >= 11 is 11.5. The molecule has 1 fully saturated rings. The van der Waals surface area contributed by atoms with Gasteiger partial charge >= 0.3 is 0 Å². The Kier molecular flexibility index (Phi) is 4.29. The number of halogens is 2. The SMILES string of the molecule is O=C(Nc1cc(Cl)c(O)c(Cl)c1)C1COCCN1. The van der Waals surface area contributed by atoms with Crippen LogP contribution in [0.25, 0.3) is 0 Å². The molecule has 1 aliphatic heterocycles. The molecule has 1 heterocycles. The molecule has 1 atom stereocenters. The van der Waals surface area contributed by atoms with Gasteiger partial charge in [0.15, 0.2) is 5.75 Å². The van der Waals surface area contributed by atoms with Crippen molar-refractivity contribution in [2.24, 2.45) is 0 Å². The monoisotopic (exact) mass is 290 g/mol. The summed E-state index contributed by atoms with van der Waals surface area (Å²) in [5.74, 6) is -0.428. The van der Waals surface area contributed by atoms with Gasteiger partial charge in [0.2, 0.25) is 5.91 Å². The maximum Gasteiger partial charge on any atom is 0.243 e. The summed E-state index contributed by atoms with van der Waals surface area (Å²) in [6.07, 6.45) is 0. The van der Waals surface area contributed by atoms with Crippen molar-refractivity contribution in [2.45, 2.75) is 6.04 Å². The Balaban J connectivity index is 2.06. The lowest BCUT2D eigenvalue weighted by molar-refractivity contribution is -0.120. The Bertz CT molecular complexity index is 439. The third-order valence-electron chi connectivity index (χ3n) is 2.52. The van der Waals surface area contributed by atoms with Gasteiger partial charge in [-0.25, -0.2) is 0 Å². The van der Waals surface area contributed by atoms with Crippen LogP contribution in [0.15, 0.2) is 12.1 Å². The number of aromatic hydroxyl groups is 1. The first-order valence-corrected chi connectivity index (χ1v) is 6.13. The number of ether oxygens (including phenoxy) is 1. The molecule has 1 aromatic carbocycles. The van der Waals surface area contributed by atoms with Gasteiger partial charge in [-0.3, -0.25) is 4.79 Å². The summed E-state index contributed by atoms with van der Waals surface area (Å²) in [6.45, 7) is 1.56. The van der Waals surface area contributed by atoms with E-state index in [1.54, 1.807) is 0 Å². The fourth-order valence-corrected chi connectivity index (χ4v) is 2.09. The molecule has 2 rings (SSSR count). The van der Waals surface area contributed by atoms with Crippen LogP contribution < -0.4 is 10.6 Å². The number of morpholine rings is 1. The van der Waals surface area contributed by atoms with E-state index < -0.39 is 6.04 Å². The summed E-state index contributed by atoms with van der Waals surface area (Å²) in [5, 5.41) is 15.3. The van der Waals surface area contributed by atoms with E-state index in [2.05, 4.69) is 10.6 Å². The number of carbonyl (C=O) groups is 1. The Labute approximate surface area is 114 Å². The smallest absolute Gasteiger partial charge is 0.243 e. The molecule has 18 heavy (non-hydrogen) atoms. The van der Waals surface area contributed by atoms with E-state index in [9.17, 15) is 9.90 Å². The van der Waals surface area contributed by atoms with Crippen molar-refractivity contribution >= 4 is 34.8 Å². The zero-order valence-electron chi connectivity index (χ0n) is 9.37. The van der Waals surface area contributed by atoms with E-state index in [0.29, 0.717) is 25.4 Å². The van der Waals surface area contributed by atoms with Gasteiger partial charge in [0.25, 0.3) is 0 Å². The molecule has 0 bridgehead atoms. The second-order valence-corrected chi connectivity index (χ2v) is 4.67. The van der Waals surface area contributed by atoms with Crippen LogP contribution in [0.5, 0.6) is 5.75 Å². The molecule has 0 aromatic heterocycles. The molecule has 1 aliphatic rings. The Morgan fingerprint density at radius 1 is 1.44 bits per heavy atom. The molecule has 5 nitrogen and oxygen atoms in total. The summed E-state index contributed by atoms with van der Waals surface area (Å²) in [6, 6.07) is 2.47. The van der Waals surface area contributed by atoms with Crippen LogP contribution in [-0.2, 0) is 9.53 Å². The number of rotatable bonds is 2. The topological polar surface area (TPSA) is 70.6 Å². The molecule has 1 unspecified atom stereocenters. The first kappa shape index (κ1) is 13.4. The quantitative estimate of drug-likeness (QED) is 0.724. The molecular weight excluding hydrogens is 279 g/mol. The zero-order chi connectivity index (χ0) is 13.1. The van der Waals surface area contributed by atoms with Crippen molar-refractivity contribution in [3.8, 4) is 5.75 Å². The van der Waals surface area contributed by atoms with Crippen LogP contribution in [0.2, 0.25) is 10.0 Å². The Morgan fingerprint density at radius 3 is 2.67 bits per heavy atom. The van der Waals surface area contributed by atoms with Gasteiger partial charge in [0.05, 0.1) is 23.3 Å². The fraction of sp³-hybridized carbons (Fsp3) is 0.364. The standard InChI is InChI=1S/C11H12Cl2N2O3/c12-7-3-6(4-8(13)10(7)16)15-11(17)9-5-18-2-1-14-9/h3-4,9,14,16H,1-2,5H2,(H,15,17). The lowest BCUT2D eigenvalue weighted by atomic mass is 10.2. The molecule has 98 valence electrons. The number of hydrogen-bond acceptors (Lipinski definition) is 4. The van der Waals surface area contributed by atoms with Crippen molar-refractivity contribution in [3.63, 3.8) is 0 Å². The third-order valence-corrected chi connectivity index (χ3v) is 3.10. The predicted octanol–water partition coefficient (Wildman–Crippen LogP) is 1.63. The highest BCUT2D eigenvalue weighted by Gasteiger charge is 2.21. The van der Waals surface area contributed by atoms with Gasteiger partial charge in [-0.05, 0) is 12.1 Å². The summed E-state index contributed by atoms with van der Waals surface area (Å²) in [4.78, 5) is 11.9. The molecule has 0 aliphatic carbocycles. The lowest BCUT2D eigenvalue weighted by Crippen LogP contribution is -2.48. The number of amides is 1. The number of carbonyl (C=O) groups excluding carboxylic acids is 1. The number of phenols is 1. The molecule has 3 N–H and O–H groups in total. The molecule has 0 saturated carbocycles. The van der Waals surface area contributed by atoms with E-state index in [1.807, 2.05) is 0 Å². The number of anilines is 1. The van der Waals surface area contributed by atoms with Crippen molar-refractivity contribution < 1.29 is 14.6 Å². The fourth-order valence-electron chi connectivity index (χ4n) is 1.60. The molecular formula is C11H12Cl2N2O3. The first-order valence-electron chi connectivity index (χ1n) is 5.38. The summed E-state index contributed by atoms with van der Waals surface area (Å²) < 4.78 is 5.19. The minimum atomic E-state index is -0.398. The van der Waals surface area contributed by atoms with Gasteiger partial charge in [-0.15, -0.1) is 0 Å². The van der Waals surface area contributed by atoms with E-state index in [-0.39, 0.29) is 21.7 Å². The Hall–Kier alpha value is -1.01. The van der Waals surface area contributed by atoms with E-state index >= 15 is 0 Å². The van der Waals surface area contributed by atoms with Crippen molar-refractivity contribution in [2.75, 3.05) is 25.1 Å². The summed E-state index contributed by atoms with van der Waals surface area (Å²) in [7, 11) is 0. The van der Waals surface area contributed by atoms with E-state index in [1.165, 1.54) is 12.1 Å².